The second kappa shape index (κ2) is 5.43. The second-order valence-corrected chi connectivity index (χ2v) is 4.96. The molecule has 1 amide bonds. The van der Waals surface area contributed by atoms with E-state index < -0.39 is 5.91 Å². The van der Waals surface area contributed by atoms with Crippen LogP contribution in [0, 0.1) is 13.8 Å². The molecular formula is C15H15ClN2O2. The number of primary amides is 1. The van der Waals surface area contributed by atoms with Gasteiger partial charge in [0.05, 0.1) is 10.7 Å². The summed E-state index contributed by atoms with van der Waals surface area (Å²) in [6.45, 7) is 3.69. The van der Waals surface area contributed by atoms with Crippen molar-refractivity contribution in [2.75, 3.05) is 5.73 Å². The molecule has 4 N–H and O–H groups in total. The number of anilines is 1. The lowest BCUT2D eigenvalue weighted by Gasteiger charge is -2.14. The van der Waals surface area contributed by atoms with Crippen molar-refractivity contribution in [2.45, 2.75) is 13.8 Å². The Bertz CT molecular complexity index is 661. The molecule has 0 spiro atoms. The van der Waals surface area contributed by atoms with Crippen molar-refractivity contribution in [3.63, 3.8) is 0 Å². The molecule has 5 heteroatoms. The van der Waals surface area contributed by atoms with E-state index in [1.165, 1.54) is 0 Å². The number of ether oxygens (including phenoxy) is 1. The van der Waals surface area contributed by atoms with Crippen LogP contribution in [0.25, 0.3) is 0 Å². The van der Waals surface area contributed by atoms with Crippen LogP contribution < -0.4 is 16.2 Å². The van der Waals surface area contributed by atoms with Crippen LogP contribution in [0.4, 0.5) is 5.69 Å². The highest BCUT2D eigenvalue weighted by Gasteiger charge is 2.12. The Morgan fingerprint density at radius 1 is 1.20 bits per heavy atom. The van der Waals surface area contributed by atoms with Crippen LogP contribution in [0.15, 0.2) is 30.3 Å². The molecular weight excluding hydrogens is 276 g/mol. The highest BCUT2D eigenvalue weighted by atomic mass is 35.5. The van der Waals surface area contributed by atoms with Crippen molar-refractivity contribution in [1.82, 2.24) is 0 Å². The fraction of sp³-hybridized carbons (Fsp3) is 0.133. The zero-order valence-electron chi connectivity index (χ0n) is 11.2. The molecule has 0 saturated heterocycles. The van der Waals surface area contributed by atoms with E-state index in [1.807, 2.05) is 13.8 Å². The summed E-state index contributed by atoms with van der Waals surface area (Å²) in [6, 6.07) is 8.56. The van der Waals surface area contributed by atoms with E-state index in [4.69, 9.17) is 27.8 Å². The van der Waals surface area contributed by atoms with E-state index in [9.17, 15) is 4.79 Å². The molecule has 2 aromatic carbocycles. The number of nitrogen functional groups attached to an aromatic ring is 1. The van der Waals surface area contributed by atoms with Gasteiger partial charge in [-0.25, -0.2) is 0 Å². The Labute approximate surface area is 122 Å². The number of halogens is 1. The minimum Gasteiger partial charge on any atom is -0.455 e. The van der Waals surface area contributed by atoms with Gasteiger partial charge in [-0.05, 0) is 49.2 Å². The molecule has 0 radical (unpaired) electrons. The highest BCUT2D eigenvalue weighted by molar-refractivity contribution is 6.33. The van der Waals surface area contributed by atoms with Crippen LogP contribution in [-0.2, 0) is 0 Å². The standard InChI is InChI=1S/C15H15ClN2O2/c1-8-6-10(15(18)19)7-9(2)14(8)20-12-5-3-4-11(16)13(12)17/h3-7H,17H2,1-2H3,(H2,18,19). The summed E-state index contributed by atoms with van der Waals surface area (Å²) in [4.78, 5) is 11.2. The van der Waals surface area contributed by atoms with Crippen LogP contribution in [0.3, 0.4) is 0 Å². The smallest absolute Gasteiger partial charge is 0.248 e. The molecule has 0 heterocycles. The lowest BCUT2D eigenvalue weighted by atomic mass is 10.1. The van der Waals surface area contributed by atoms with Crippen molar-refractivity contribution in [2.24, 2.45) is 5.73 Å². The van der Waals surface area contributed by atoms with Crippen LogP contribution in [0.1, 0.15) is 21.5 Å². The summed E-state index contributed by atoms with van der Waals surface area (Å²) >= 11 is 5.96. The molecule has 2 aromatic rings. The highest BCUT2D eigenvalue weighted by Crippen LogP contribution is 2.35. The third-order valence-electron chi connectivity index (χ3n) is 2.97. The van der Waals surface area contributed by atoms with Gasteiger partial charge in [-0.2, -0.15) is 0 Å². The van der Waals surface area contributed by atoms with Crippen molar-refractivity contribution in [3.8, 4) is 11.5 Å². The lowest BCUT2D eigenvalue weighted by Crippen LogP contribution is -2.11. The fourth-order valence-corrected chi connectivity index (χ4v) is 2.14. The average Bonchev–Trinajstić information content (AvgIpc) is 2.38. The Kier molecular flexibility index (Phi) is 3.86. The number of rotatable bonds is 3. The van der Waals surface area contributed by atoms with Gasteiger partial charge in [0.2, 0.25) is 5.91 Å². The Hall–Kier alpha value is -2.20. The number of aryl methyl sites for hydroxylation is 2. The predicted molar refractivity (Wildman–Crippen MR) is 80.4 cm³/mol. The maximum absolute atomic E-state index is 11.2. The van der Waals surface area contributed by atoms with E-state index in [-0.39, 0.29) is 0 Å². The maximum Gasteiger partial charge on any atom is 0.248 e. The Balaban J connectivity index is 2.44. The average molecular weight is 291 g/mol. The molecule has 0 aliphatic heterocycles. The summed E-state index contributed by atoms with van der Waals surface area (Å²) < 4.78 is 5.82. The minimum atomic E-state index is -0.468. The molecule has 0 saturated carbocycles. The summed E-state index contributed by atoms with van der Waals surface area (Å²) in [5.41, 5.74) is 13.6. The van der Waals surface area contributed by atoms with Crippen molar-refractivity contribution >= 4 is 23.2 Å². The van der Waals surface area contributed by atoms with Gasteiger partial charge in [0, 0.05) is 5.56 Å². The van der Waals surface area contributed by atoms with Gasteiger partial charge in [0.1, 0.15) is 5.75 Å². The van der Waals surface area contributed by atoms with E-state index in [2.05, 4.69) is 0 Å². The van der Waals surface area contributed by atoms with Gasteiger partial charge in [0.15, 0.2) is 5.75 Å². The van der Waals surface area contributed by atoms with Gasteiger partial charge in [-0.3, -0.25) is 4.79 Å². The molecule has 0 aliphatic rings. The summed E-state index contributed by atoms with van der Waals surface area (Å²) in [5, 5.41) is 0.437. The number of carbonyl (C=O) groups is 1. The number of hydrogen-bond acceptors (Lipinski definition) is 3. The number of benzene rings is 2. The monoisotopic (exact) mass is 290 g/mol. The number of nitrogens with two attached hydrogens (primary N) is 2. The van der Waals surface area contributed by atoms with Gasteiger partial charge < -0.3 is 16.2 Å². The number of carbonyl (C=O) groups excluding carboxylic acids is 1. The topological polar surface area (TPSA) is 78.3 Å². The first kappa shape index (κ1) is 14.2. The molecule has 4 nitrogen and oxygen atoms in total. The summed E-state index contributed by atoms with van der Waals surface area (Å²) in [5.74, 6) is 0.657. The SMILES string of the molecule is Cc1cc(C(N)=O)cc(C)c1Oc1cccc(Cl)c1N. The van der Waals surface area contributed by atoms with E-state index in [0.29, 0.717) is 27.8 Å². The zero-order chi connectivity index (χ0) is 14.9. The van der Waals surface area contributed by atoms with Crippen molar-refractivity contribution in [3.05, 3.63) is 52.0 Å². The summed E-state index contributed by atoms with van der Waals surface area (Å²) in [6.07, 6.45) is 0. The zero-order valence-corrected chi connectivity index (χ0v) is 12.0. The van der Waals surface area contributed by atoms with E-state index in [1.54, 1.807) is 30.3 Å². The summed E-state index contributed by atoms with van der Waals surface area (Å²) in [7, 11) is 0. The second-order valence-electron chi connectivity index (χ2n) is 4.56. The number of amides is 1. The molecule has 0 aromatic heterocycles. The first-order valence-corrected chi connectivity index (χ1v) is 6.41. The fourth-order valence-electron chi connectivity index (χ4n) is 1.97. The molecule has 0 aliphatic carbocycles. The van der Waals surface area contributed by atoms with Gasteiger partial charge in [0.25, 0.3) is 0 Å². The third-order valence-corrected chi connectivity index (χ3v) is 3.30. The Morgan fingerprint density at radius 3 is 2.35 bits per heavy atom. The third kappa shape index (κ3) is 2.70. The van der Waals surface area contributed by atoms with Crippen LogP contribution in [0.5, 0.6) is 11.5 Å². The predicted octanol–water partition coefficient (Wildman–Crippen LogP) is 3.43. The van der Waals surface area contributed by atoms with Crippen molar-refractivity contribution in [1.29, 1.82) is 0 Å². The van der Waals surface area contributed by atoms with E-state index >= 15 is 0 Å². The molecule has 2 rings (SSSR count). The number of para-hydroxylation sites is 1. The molecule has 0 unspecified atom stereocenters. The molecule has 0 bridgehead atoms. The Morgan fingerprint density at radius 2 is 1.80 bits per heavy atom. The van der Waals surface area contributed by atoms with Crippen LogP contribution >= 0.6 is 11.6 Å². The van der Waals surface area contributed by atoms with Gasteiger partial charge >= 0.3 is 0 Å². The molecule has 0 fully saturated rings. The lowest BCUT2D eigenvalue weighted by molar-refractivity contribution is 0.1000. The first-order chi connectivity index (χ1) is 9.40. The van der Waals surface area contributed by atoms with Crippen LogP contribution in [-0.4, -0.2) is 5.91 Å². The minimum absolute atomic E-state index is 0.381. The van der Waals surface area contributed by atoms with Gasteiger partial charge in [-0.1, -0.05) is 17.7 Å². The van der Waals surface area contributed by atoms with Gasteiger partial charge in [-0.15, -0.1) is 0 Å². The number of hydrogen-bond donors (Lipinski definition) is 2. The van der Waals surface area contributed by atoms with Crippen LogP contribution in [0.2, 0.25) is 5.02 Å². The van der Waals surface area contributed by atoms with Crippen molar-refractivity contribution < 1.29 is 9.53 Å². The molecule has 104 valence electrons. The first-order valence-electron chi connectivity index (χ1n) is 6.03. The maximum atomic E-state index is 11.2. The molecule has 0 atom stereocenters. The normalized spacial score (nSPS) is 10.3. The van der Waals surface area contributed by atoms with E-state index in [0.717, 1.165) is 11.1 Å². The largest absolute Gasteiger partial charge is 0.455 e. The molecule has 20 heavy (non-hydrogen) atoms. The quantitative estimate of drug-likeness (QED) is 0.850.